The molecule has 0 bridgehead atoms. The molecule has 0 saturated carbocycles. The van der Waals surface area contributed by atoms with Gasteiger partial charge in [-0.25, -0.2) is 13.2 Å². The number of carboxylic acid groups (broad SMARTS) is 1. The van der Waals surface area contributed by atoms with Crippen LogP contribution in [0.5, 0.6) is 5.75 Å². The maximum absolute atomic E-state index is 12.6. The molecule has 0 aliphatic carbocycles. The molecule has 0 amide bonds. The Kier molecular flexibility index (Phi) is 5.41. The van der Waals surface area contributed by atoms with E-state index in [0.29, 0.717) is 33.7 Å². The van der Waals surface area contributed by atoms with Crippen LogP contribution in [0.4, 0.5) is 5.69 Å². The molecule has 0 spiro atoms. The van der Waals surface area contributed by atoms with Crippen LogP contribution in [0.3, 0.4) is 0 Å². The largest absolute Gasteiger partial charge is 0.497 e. The Bertz CT molecular complexity index is 1470. The van der Waals surface area contributed by atoms with Crippen molar-refractivity contribution in [3.05, 3.63) is 88.6 Å². The average molecular weight is 451 g/mol. The molecule has 1 aromatic heterocycles. The number of carbonyl (C=O) groups is 1. The second-order valence-electron chi connectivity index (χ2n) is 6.85. The van der Waals surface area contributed by atoms with Gasteiger partial charge in [0.25, 0.3) is 10.0 Å². The van der Waals surface area contributed by atoms with Crippen LogP contribution in [-0.2, 0) is 10.0 Å². The monoisotopic (exact) mass is 451 g/mol. The third-order valence-electron chi connectivity index (χ3n) is 4.77. The lowest BCUT2D eigenvalue weighted by Crippen LogP contribution is -2.13. The van der Waals surface area contributed by atoms with Crippen molar-refractivity contribution in [2.75, 3.05) is 11.8 Å². The van der Waals surface area contributed by atoms with Crippen molar-refractivity contribution in [2.24, 2.45) is 0 Å². The smallest absolute Gasteiger partial charge is 0.335 e. The maximum atomic E-state index is 12.6. The van der Waals surface area contributed by atoms with E-state index in [1.165, 1.54) is 49.6 Å². The first-order valence-corrected chi connectivity index (χ1v) is 10.8. The van der Waals surface area contributed by atoms with Crippen molar-refractivity contribution in [3.63, 3.8) is 0 Å². The topological polar surface area (TPSA) is 123 Å². The van der Waals surface area contributed by atoms with Gasteiger partial charge < -0.3 is 14.3 Å². The normalized spacial score (nSPS) is 11.3. The summed E-state index contributed by atoms with van der Waals surface area (Å²) in [5, 5.41) is 9.33. The minimum atomic E-state index is -3.90. The number of aromatic carboxylic acids is 1. The van der Waals surface area contributed by atoms with Crippen molar-refractivity contribution in [1.82, 2.24) is 0 Å². The van der Waals surface area contributed by atoms with Gasteiger partial charge in [0.05, 0.1) is 23.0 Å². The number of sulfonamides is 1. The predicted molar refractivity (Wildman–Crippen MR) is 119 cm³/mol. The number of carboxylic acids is 1. The fourth-order valence-corrected chi connectivity index (χ4v) is 4.16. The van der Waals surface area contributed by atoms with E-state index < -0.39 is 16.0 Å². The molecule has 8 nitrogen and oxygen atoms in total. The summed E-state index contributed by atoms with van der Waals surface area (Å²) in [6, 6.07) is 17.5. The molecule has 9 heteroatoms. The molecule has 32 heavy (non-hydrogen) atoms. The summed E-state index contributed by atoms with van der Waals surface area (Å²) in [5.74, 6) is -0.255. The predicted octanol–water partition coefficient (Wildman–Crippen LogP) is 3.97. The lowest BCUT2D eigenvalue weighted by molar-refractivity contribution is 0.0696. The molecule has 0 atom stereocenters. The SMILES string of the molecule is COc1ccc2oc(-c3ccc(NS(=O)(=O)c4ccc(C(=O)O)cc4)cc3)cc(=O)c2c1. The van der Waals surface area contributed by atoms with Crippen LogP contribution in [0.1, 0.15) is 10.4 Å². The average Bonchev–Trinajstić information content (AvgIpc) is 2.79. The molecular weight excluding hydrogens is 434 g/mol. The number of ether oxygens (including phenoxy) is 1. The lowest BCUT2D eigenvalue weighted by Gasteiger charge is -2.09. The summed E-state index contributed by atoms with van der Waals surface area (Å²) >= 11 is 0. The van der Waals surface area contributed by atoms with Crippen molar-refractivity contribution < 1.29 is 27.5 Å². The minimum absolute atomic E-state index is 0.0105. The standard InChI is InChI=1S/C23H17NO7S/c1-30-17-8-11-21-19(12-17)20(25)13-22(31-21)14-2-6-16(7-3-14)24-32(28,29)18-9-4-15(5-10-18)23(26)27/h2-13,24H,1H3,(H,26,27). The zero-order valence-electron chi connectivity index (χ0n) is 16.7. The van der Waals surface area contributed by atoms with Gasteiger partial charge in [-0.2, -0.15) is 0 Å². The molecule has 162 valence electrons. The summed E-state index contributed by atoms with van der Waals surface area (Å²) < 4.78 is 38.5. The van der Waals surface area contributed by atoms with Crippen LogP contribution >= 0.6 is 0 Å². The van der Waals surface area contributed by atoms with Gasteiger partial charge in [0.1, 0.15) is 17.1 Å². The summed E-state index contributed by atoms with van der Waals surface area (Å²) in [7, 11) is -2.39. The molecule has 0 aliphatic heterocycles. The third-order valence-corrected chi connectivity index (χ3v) is 6.16. The summed E-state index contributed by atoms with van der Waals surface area (Å²) in [6.45, 7) is 0. The number of nitrogens with one attached hydrogen (secondary N) is 1. The third kappa shape index (κ3) is 4.19. The van der Waals surface area contributed by atoms with E-state index in [9.17, 15) is 18.0 Å². The van der Waals surface area contributed by atoms with Crippen LogP contribution in [0.15, 0.2) is 86.9 Å². The second kappa shape index (κ2) is 8.20. The molecule has 0 saturated heterocycles. The molecular formula is C23H17NO7S. The van der Waals surface area contributed by atoms with Crippen LogP contribution in [0, 0.1) is 0 Å². The number of hydrogen-bond donors (Lipinski definition) is 2. The Morgan fingerprint density at radius 2 is 1.66 bits per heavy atom. The van der Waals surface area contributed by atoms with Crippen LogP contribution in [0.25, 0.3) is 22.3 Å². The number of fused-ring (bicyclic) bond motifs is 1. The minimum Gasteiger partial charge on any atom is -0.497 e. The molecule has 0 radical (unpaired) electrons. The molecule has 0 fully saturated rings. The fraction of sp³-hybridized carbons (Fsp3) is 0.0435. The van der Waals surface area contributed by atoms with Gasteiger partial charge in [-0.1, -0.05) is 0 Å². The van der Waals surface area contributed by atoms with E-state index in [1.54, 1.807) is 30.3 Å². The highest BCUT2D eigenvalue weighted by Crippen LogP contribution is 2.26. The highest BCUT2D eigenvalue weighted by molar-refractivity contribution is 7.92. The summed E-state index contributed by atoms with van der Waals surface area (Å²) in [5.41, 5.74) is 1.05. The van der Waals surface area contributed by atoms with E-state index in [-0.39, 0.29) is 15.9 Å². The molecule has 2 N–H and O–H groups in total. The Hall–Kier alpha value is -4.11. The van der Waals surface area contributed by atoms with E-state index >= 15 is 0 Å². The van der Waals surface area contributed by atoms with Gasteiger partial charge in [-0.3, -0.25) is 9.52 Å². The number of rotatable bonds is 6. The first-order valence-electron chi connectivity index (χ1n) is 9.35. The van der Waals surface area contributed by atoms with Crippen molar-refractivity contribution in [3.8, 4) is 17.1 Å². The van der Waals surface area contributed by atoms with Gasteiger partial charge in [0, 0.05) is 17.3 Å². The number of hydrogen-bond acceptors (Lipinski definition) is 6. The highest BCUT2D eigenvalue weighted by Gasteiger charge is 2.15. The van der Waals surface area contributed by atoms with E-state index in [0.717, 1.165) is 0 Å². The molecule has 1 heterocycles. The van der Waals surface area contributed by atoms with Gasteiger partial charge >= 0.3 is 5.97 Å². The number of methoxy groups -OCH3 is 1. The zero-order chi connectivity index (χ0) is 22.9. The molecule has 0 unspecified atom stereocenters. The Labute approximate surface area is 182 Å². The highest BCUT2D eigenvalue weighted by atomic mass is 32.2. The summed E-state index contributed by atoms with van der Waals surface area (Å²) in [6.07, 6.45) is 0. The Morgan fingerprint density at radius 3 is 2.28 bits per heavy atom. The lowest BCUT2D eigenvalue weighted by atomic mass is 10.1. The van der Waals surface area contributed by atoms with Gasteiger partial charge in [0.15, 0.2) is 5.43 Å². The first-order chi connectivity index (χ1) is 15.3. The van der Waals surface area contributed by atoms with E-state index in [1.807, 2.05) is 0 Å². The van der Waals surface area contributed by atoms with Crippen LogP contribution in [-0.4, -0.2) is 26.6 Å². The van der Waals surface area contributed by atoms with E-state index in [2.05, 4.69) is 4.72 Å². The van der Waals surface area contributed by atoms with Crippen molar-refractivity contribution in [1.29, 1.82) is 0 Å². The zero-order valence-corrected chi connectivity index (χ0v) is 17.5. The van der Waals surface area contributed by atoms with Gasteiger partial charge in [-0.15, -0.1) is 0 Å². The second-order valence-corrected chi connectivity index (χ2v) is 8.53. The molecule has 4 aromatic rings. The fourth-order valence-electron chi connectivity index (χ4n) is 3.10. The summed E-state index contributed by atoms with van der Waals surface area (Å²) in [4.78, 5) is 23.3. The Morgan fingerprint density at radius 1 is 0.969 bits per heavy atom. The number of benzene rings is 3. The maximum Gasteiger partial charge on any atom is 0.335 e. The number of anilines is 1. The van der Waals surface area contributed by atoms with Gasteiger partial charge in [0.2, 0.25) is 0 Å². The van der Waals surface area contributed by atoms with Crippen LogP contribution in [0.2, 0.25) is 0 Å². The van der Waals surface area contributed by atoms with E-state index in [4.69, 9.17) is 14.3 Å². The Balaban J connectivity index is 1.59. The first kappa shape index (κ1) is 21.1. The van der Waals surface area contributed by atoms with Crippen LogP contribution < -0.4 is 14.9 Å². The molecule has 3 aromatic carbocycles. The van der Waals surface area contributed by atoms with Gasteiger partial charge in [-0.05, 0) is 66.7 Å². The van der Waals surface area contributed by atoms with Crippen molar-refractivity contribution >= 4 is 32.6 Å². The quantitative estimate of drug-likeness (QED) is 0.455. The molecule has 4 rings (SSSR count). The molecule has 0 aliphatic rings. The van der Waals surface area contributed by atoms with Crippen molar-refractivity contribution in [2.45, 2.75) is 4.90 Å².